The Morgan fingerprint density at radius 1 is 1.20 bits per heavy atom. The number of aromatic nitrogens is 1. The van der Waals surface area contributed by atoms with Crippen molar-refractivity contribution in [2.75, 3.05) is 13.2 Å². The van der Waals surface area contributed by atoms with Gasteiger partial charge in [-0.3, -0.25) is 19.3 Å². The first-order valence-electron chi connectivity index (χ1n) is 10.2. The van der Waals surface area contributed by atoms with Crippen molar-refractivity contribution in [3.05, 3.63) is 35.5 Å². The number of amides is 3. The fourth-order valence-corrected chi connectivity index (χ4v) is 3.73. The van der Waals surface area contributed by atoms with Crippen molar-refractivity contribution in [1.29, 1.82) is 0 Å². The summed E-state index contributed by atoms with van der Waals surface area (Å²) in [6.45, 7) is 4.70. The van der Waals surface area contributed by atoms with Crippen LogP contribution in [0, 0.1) is 0 Å². The quantitative estimate of drug-likeness (QED) is 0.373. The van der Waals surface area contributed by atoms with Crippen molar-refractivity contribution in [1.82, 2.24) is 15.2 Å². The number of urea groups is 1. The third kappa shape index (κ3) is 4.08. The van der Waals surface area contributed by atoms with Crippen molar-refractivity contribution >= 4 is 34.6 Å². The minimum Gasteiger partial charge on any atom is -0.456 e. The molecule has 8 nitrogen and oxygen atoms in total. The van der Waals surface area contributed by atoms with Crippen molar-refractivity contribution in [2.24, 2.45) is 0 Å². The number of carbonyl (C=O) groups excluding carboxylic acids is 4. The zero-order valence-corrected chi connectivity index (χ0v) is 17.5. The van der Waals surface area contributed by atoms with Crippen LogP contribution in [0.25, 0.3) is 10.9 Å². The van der Waals surface area contributed by atoms with Gasteiger partial charge >= 0.3 is 12.0 Å². The molecule has 0 radical (unpaired) electrons. The number of aryl methyl sites for hydroxylation is 1. The summed E-state index contributed by atoms with van der Waals surface area (Å²) in [7, 11) is 0. The number of fused-ring (bicyclic) bond motifs is 1. The average Bonchev–Trinajstić information content (AvgIpc) is 3.25. The smallest absolute Gasteiger partial charge is 0.326 e. The summed E-state index contributed by atoms with van der Waals surface area (Å²) in [5.74, 6) is -1.61. The predicted molar refractivity (Wildman–Crippen MR) is 111 cm³/mol. The van der Waals surface area contributed by atoms with Crippen LogP contribution < -0.4 is 5.32 Å². The Morgan fingerprint density at radius 2 is 1.97 bits per heavy atom. The van der Waals surface area contributed by atoms with E-state index in [0.717, 1.165) is 40.6 Å². The van der Waals surface area contributed by atoms with E-state index in [1.165, 1.54) is 0 Å². The largest absolute Gasteiger partial charge is 0.456 e. The summed E-state index contributed by atoms with van der Waals surface area (Å²) >= 11 is 0. The molecule has 0 unspecified atom stereocenters. The van der Waals surface area contributed by atoms with Gasteiger partial charge < -0.3 is 15.0 Å². The molecule has 2 N–H and O–H groups in total. The van der Waals surface area contributed by atoms with Crippen LogP contribution in [0.4, 0.5) is 4.79 Å². The fraction of sp³-hybridized carbons (Fsp3) is 0.455. The molecule has 160 valence electrons. The Balaban J connectivity index is 1.60. The topological polar surface area (TPSA) is 109 Å². The van der Waals surface area contributed by atoms with Crippen LogP contribution in [-0.4, -0.2) is 52.3 Å². The molecule has 0 saturated carbocycles. The molecule has 1 fully saturated rings. The van der Waals surface area contributed by atoms with Gasteiger partial charge in [-0.2, -0.15) is 0 Å². The molecule has 2 aromatic rings. The summed E-state index contributed by atoms with van der Waals surface area (Å²) < 4.78 is 5.06. The maximum atomic E-state index is 12.6. The highest BCUT2D eigenvalue weighted by atomic mass is 16.5. The van der Waals surface area contributed by atoms with Gasteiger partial charge in [-0.15, -0.1) is 0 Å². The Kier molecular flexibility index (Phi) is 6.24. The van der Waals surface area contributed by atoms with E-state index in [4.69, 9.17) is 4.74 Å². The van der Waals surface area contributed by atoms with Crippen LogP contribution in [-0.2, 0) is 20.7 Å². The standard InChI is InChI=1S/C22H27N3O5/c1-4-6-10-22(3)20(28)25(21(29)24-22)12-18(27)30-13-17(26)16-11-23-19-14(5-2)8-7-9-15(16)19/h7-9,11,23H,4-6,10,12-13H2,1-3H3,(H,24,29)/t22-/m1/s1. The van der Waals surface area contributed by atoms with E-state index in [-0.39, 0.29) is 5.78 Å². The number of benzene rings is 1. The van der Waals surface area contributed by atoms with Crippen LogP contribution in [0.5, 0.6) is 0 Å². The first-order chi connectivity index (χ1) is 14.3. The Labute approximate surface area is 174 Å². The third-order valence-electron chi connectivity index (χ3n) is 5.51. The molecule has 0 spiro atoms. The van der Waals surface area contributed by atoms with E-state index in [2.05, 4.69) is 10.3 Å². The highest BCUT2D eigenvalue weighted by molar-refractivity contribution is 6.10. The molecule has 8 heteroatoms. The first kappa shape index (κ1) is 21.5. The summed E-state index contributed by atoms with van der Waals surface area (Å²) in [5, 5.41) is 3.42. The van der Waals surface area contributed by atoms with E-state index < -0.39 is 36.6 Å². The number of esters is 1. The number of unbranched alkanes of at least 4 members (excludes halogenated alkanes) is 1. The van der Waals surface area contributed by atoms with E-state index >= 15 is 0 Å². The third-order valence-corrected chi connectivity index (χ3v) is 5.51. The highest BCUT2D eigenvalue weighted by Crippen LogP contribution is 2.24. The van der Waals surface area contributed by atoms with Gasteiger partial charge in [0, 0.05) is 22.7 Å². The van der Waals surface area contributed by atoms with Gasteiger partial charge in [0.25, 0.3) is 5.91 Å². The number of imide groups is 1. The summed E-state index contributed by atoms with van der Waals surface area (Å²) in [5.41, 5.74) is 1.41. The second-order valence-corrected chi connectivity index (χ2v) is 7.74. The molecular formula is C22H27N3O5. The molecule has 30 heavy (non-hydrogen) atoms. The van der Waals surface area contributed by atoms with Gasteiger partial charge in [-0.05, 0) is 25.3 Å². The number of rotatable bonds is 9. The van der Waals surface area contributed by atoms with Crippen molar-refractivity contribution in [2.45, 2.75) is 52.0 Å². The van der Waals surface area contributed by atoms with Crippen LogP contribution in [0.1, 0.15) is 56.0 Å². The molecule has 0 bridgehead atoms. The van der Waals surface area contributed by atoms with Crippen molar-refractivity contribution in [3.8, 4) is 0 Å². The number of H-pyrrole nitrogens is 1. The fourth-order valence-electron chi connectivity index (χ4n) is 3.73. The number of hydrogen-bond donors (Lipinski definition) is 2. The number of para-hydroxylation sites is 1. The monoisotopic (exact) mass is 413 g/mol. The summed E-state index contributed by atoms with van der Waals surface area (Å²) in [6, 6.07) is 5.08. The number of aromatic amines is 1. The molecule has 1 aliphatic heterocycles. The average molecular weight is 413 g/mol. The predicted octanol–water partition coefficient (Wildman–Crippen LogP) is 2.96. The van der Waals surface area contributed by atoms with E-state index in [1.54, 1.807) is 13.1 Å². The van der Waals surface area contributed by atoms with Crippen molar-refractivity contribution in [3.63, 3.8) is 0 Å². The Hall–Kier alpha value is -3.16. The number of carbonyl (C=O) groups is 4. The molecule has 1 aromatic carbocycles. The van der Waals surface area contributed by atoms with Crippen molar-refractivity contribution < 1.29 is 23.9 Å². The van der Waals surface area contributed by atoms with Crippen LogP contribution >= 0.6 is 0 Å². The molecule has 1 saturated heterocycles. The molecular weight excluding hydrogens is 386 g/mol. The molecule has 2 heterocycles. The Morgan fingerprint density at radius 3 is 2.67 bits per heavy atom. The van der Waals surface area contributed by atoms with Gasteiger partial charge in [-0.1, -0.05) is 44.9 Å². The zero-order valence-electron chi connectivity index (χ0n) is 17.5. The molecule has 1 aromatic heterocycles. The van der Waals surface area contributed by atoms with Crippen LogP contribution in [0.2, 0.25) is 0 Å². The van der Waals surface area contributed by atoms with Crippen LogP contribution in [0.3, 0.4) is 0 Å². The molecule has 3 amide bonds. The summed E-state index contributed by atoms with van der Waals surface area (Å²) in [6.07, 6.45) is 4.59. The first-order valence-corrected chi connectivity index (χ1v) is 10.2. The number of nitrogens with zero attached hydrogens (tertiary/aromatic N) is 1. The van der Waals surface area contributed by atoms with Gasteiger partial charge in [0.2, 0.25) is 5.78 Å². The number of hydrogen-bond acceptors (Lipinski definition) is 5. The minimum atomic E-state index is -1.01. The molecule has 0 aliphatic carbocycles. The lowest BCUT2D eigenvalue weighted by atomic mass is 9.95. The normalized spacial score (nSPS) is 18.7. The molecule has 1 atom stereocenters. The number of ether oxygens (including phenoxy) is 1. The van der Waals surface area contributed by atoms with E-state index in [9.17, 15) is 19.2 Å². The van der Waals surface area contributed by atoms with Gasteiger partial charge in [0.15, 0.2) is 6.61 Å². The lowest BCUT2D eigenvalue weighted by Crippen LogP contribution is -2.44. The van der Waals surface area contributed by atoms with E-state index in [0.29, 0.717) is 12.0 Å². The highest BCUT2D eigenvalue weighted by Gasteiger charge is 2.47. The van der Waals surface area contributed by atoms with Crippen LogP contribution in [0.15, 0.2) is 24.4 Å². The molecule has 3 rings (SSSR count). The van der Waals surface area contributed by atoms with E-state index in [1.807, 2.05) is 32.0 Å². The Bertz CT molecular complexity index is 996. The van der Waals surface area contributed by atoms with Gasteiger partial charge in [-0.25, -0.2) is 4.79 Å². The maximum Gasteiger partial charge on any atom is 0.326 e. The lowest BCUT2D eigenvalue weighted by Gasteiger charge is -2.21. The summed E-state index contributed by atoms with van der Waals surface area (Å²) in [4.78, 5) is 53.4. The number of ketones is 1. The zero-order chi connectivity index (χ0) is 21.9. The SMILES string of the molecule is CCCC[C@@]1(C)NC(=O)N(CC(=O)OCC(=O)c2c[nH]c3c(CC)cccc23)C1=O. The van der Waals surface area contributed by atoms with Gasteiger partial charge in [0.1, 0.15) is 12.1 Å². The second kappa shape index (κ2) is 8.69. The number of nitrogens with one attached hydrogen (secondary N) is 2. The second-order valence-electron chi connectivity index (χ2n) is 7.74. The van der Waals surface area contributed by atoms with Gasteiger partial charge in [0.05, 0.1) is 0 Å². The lowest BCUT2D eigenvalue weighted by molar-refractivity contribution is -0.146. The number of Topliss-reactive ketones (excluding diaryl/α,β-unsaturated/α-hetero) is 1. The molecule has 1 aliphatic rings. The maximum absolute atomic E-state index is 12.6. The minimum absolute atomic E-state index is 0.354.